The Kier molecular flexibility index (Phi) is 5.51. The molecule has 0 aliphatic rings. The number of nitrogens with one attached hydrogen (secondary N) is 2. The van der Waals surface area contributed by atoms with E-state index in [0.717, 1.165) is 5.56 Å². The summed E-state index contributed by atoms with van der Waals surface area (Å²) in [6.45, 7) is 3.89. The molecule has 17 heavy (non-hydrogen) atoms. The number of rotatable bonds is 6. The zero-order valence-electron chi connectivity index (χ0n) is 9.61. The van der Waals surface area contributed by atoms with Crippen LogP contribution in [0.5, 0.6) is 0 Å². The fourth-order valence-corrected chi connectivity index (χ4v) is 1.27. The maximum absolute atomic E-state index is 11.5. The summed E-state index contributed by atoms with van der Waals surface area (Å²) in [5.74, 6) is -0.378. The van der Waals surface area contributed by atoms with Crippen molar-refractivity contribution in [2.45, 2.75) is 6.42 Å². The van der Waals surface area contributed by atoms with Gasteiger partial charge in [-0.2, -0.15) is 0 Å². The van der Waals surface area contributed by atoms with Crippen LogP contribution in [-0.2, 0) is 16.0 Å². The highest BCUT2D eigenvalue weighted by atomic mass is 16.2. The summed E-state index contributed by atoms with van der Waals surface area (Å²) in [4.78, 5) is 22.7. The molecule has 0 aromatic heterocycles. The van der Waals surface area contributed by atoms with E-state index in [1.807, 2.05) is 30.3 Å². The zero-order chi connectivity index (χ0) is 12.5. The monoisotopic (exact) mass is 232 g/mol. The third-order valence-electron chi connectivity index (χ3n) is 2.10. The molecule has 0 aliphatic carbocycles. The molecule has 0 radical (unpaired) electrons. The maximum Gasteiger partial charge on any atom is 0.239 e. The van der Waals surface area contributed by atoms with Gasteiger partial charge in [-0.15, -0.1) is 6.58 Å². The molecule has 4 nitrogen and oxygen atoms in total. The second-order valence-corrected chi connectivity index (χ2v) is 3.53. The summed E-state index contributed by atoms with van der Waals surface area (Å²) < 4.78 is 0. The highest BCUT2D eigenvalue weighted by Gasteiger charge is 2.05. The minimum atomic E-state index is -0.216. The van der Waals surface area contributed by atoms with Crippen molar-refractivity contribution in [1.29, 1.82) is 0 Å². The lowest BCUT2D eigenvalue weighted by Gasteiger charge is -2.05. The summed E-state index contributed by atoms with van der Waals surface area (Å²) in [5, 5.41) is 5.13. The van der Waals surface area contributed by atoms with E-state index in [9.17, 15) is 9.59 Å². The van der Waals surface area contributed by atoms with Crippen LogP contribution in [-0.4, -0.2) is 24.9 Å². The normalized spacial score (nSPS) is 9.41. The lowest BCUT2D eigenvalue weighted by Crippen LogP contribution is -2.37. The topological polar surface area (TPSA) is 58.2 Å². The first-order chi connectivity index (χ1) is 8.22. The maximum atomic E-state index is 11.5. The van der Waals surface area contributed by atoms with Gasteiger partial charge in [0.05, 0.1) is 13.0 Å². The minimum absolute atomic E-state index is 0.000489. The van der Waals surface area contributed by atoms with Crippen molar-refractivity contribution >= 4 is 11.8 Å². The van der Waals surface area contributed by atoms with Gasteiger partial charge in [0.15, 0.2) is 0 Å². The Morgan fingerprint density at radius 2 is 1.82 bits per heavy atom. The number of hydrogen-bond donors (Lipinski definition) is 2. The molecule has 0 fully saturated rings. The predicted octanol–water partition coefficient (Wildman–Crippen LogP) is 0.647. The third-order valence-corrected chi connectivity index (χ3v) is 2.10. The first kappa shape index (κ1) is 13.0. The van der Waals surface area contributed by atoms with Crippen molar-refractivity contribution in [2.75, 3.05) is 13.1 Å². The van der Waals surface area contributed by atoms with E-state index in [2.05, 4.69) is 17.2 Å². The number of amides is 2. The molecule has 0 atom stereocenters. The van der Waals surface area contributed by atoms with Gasteiger partial charge in [-0.25, -0.2) is 0 Å². The lowest BCUT2D eigenvalue weighted by atomic mass is 10.1. The summed E-state index contributed by atoms with van der Waals surface area (Å²) in [6, 6.07) is 9.39. The second kappa shape index (κ2) is 7.22. The zero-order valence-corrected chi connectivity index (χ0v) is 9.61. The van der Waals surface area contributed by atoms with Crippen molar-refractivity contribution in [3.05, 3.63) is 48.6 Å². The van der Waals surface area contributed by atoms with Crippen LogP contribution in [0.25, 0.3) is 0 Å². The van der Waals surface area contributed by atoms with E-state index in [-0.39, 0.29) is 24.8 Å². The molecular weight excluding hydrogens is 216 g/mol. The molecule has 0 unspecified atom stereocenters. The van der Waals surface area contributed by atoms with E-state index in [1.54, 1.807) is 6.08 Å². The molecule has 0 heterocycles. The predicted molar refractivity (Wildman–Crippen MR) is 66.4 cm³/mol. The van der Waals surface area contributed by atoms with Crippen LogP contribution in [0.3, 0.4) is 0 Å². The molecule has 1 aromatic rings. The molecule has 1 aromatic carbocycles. The molecule has 0 spiro atoms. The van der Waals surface area contributed by atoms with E-state index in [4.69, 9.17) is 0 Å². The number of carbonyl (C=O) groups is 2. The van der Waals surface area contributed by atoms with E-state index < -0.39 is 0 Å². The number of benzene rings is 1. The molecule has 0 aliphatic heterocycles. The van der Waals surface area contributed by atoms with Crippen LogP contribution < -0.4 is 10.6 Å². The third kappa shape index (κ3) is 5.51. The van der Waals surface area contributed by atoms with Crippen LogP contribution >= 0.6 is 0 Å². The molecule has 0 saturated heterocycles. The Hall–Kier alpha value is -2.10. The smallest absolute Gasteiger partial charge is 0.239 e. The molecule has 0 bridgehead atoms. The van der Waals surface area contributed by atoms with Crippen molar-refractivity contribution in [3.63, 3.8) is 0 Å². The molecule has 4 heteroatoms. The number of hydrogen-bond acceptors (Lipinski definition) is 2. The standard InChI is InChI=1S/C13H16N2O2/c1-2-8-14-13(17)10-15-12(16)9-11-6-4-3-5-7-11/h2-7H,1,8-10H2,(H,14,17)(H,15,16). The van der Waals surface area contributed by atoms with Crippen LogP contribution in [0.15, 0.2) is 43.0 Å². The summed E-state index contributed by atoms with van der Waals surface area (Å²) in [7, 11) is 0. The van der Waals surface area contributed by atoms with Gasteiger partial charge in [0.1, 0.15) is 0 Å². The van der Waals surface area contributed by atoms with Gasteiger partial charge in [-0.1, -0.05) is 36.4 Å². The van der Waals surface area contributed by atoms with Crippen molar-refractivity contribution in [2.24, 2.45) is 0 Å². The lowest BCUT2D eigenvalue weighted by molar-refractivity contribution is -0.125. The summed E-state index contributed by atoms with van der Waals surface area (Å²) in [5.41, 5.74) is 0.927. The van der Waals surface area contributed by atoms with E-state index >= 15 is 0 Å². The Labute approximate surface area is 101 Å². The van der Waals surface area contributed by atoms with Crippen LogP contribution in [0.2, 0.25) is 0 Å². The van der Waals surface area contributed by atoms with Crippen LogP contribution in [0.4, 0.5) is 0 Å². The van der Waals surface area contributed by atoms with E-state index in [1.165, 1.54) is 0 Å². The van der Waals surface area contributed by atoms with Gasteiger partial charge in [-0.3, -0.25) is 9.59 Å². The summed E-state index contributed by atoms with van der Waals surface area (Å²) >= 11 is 0. The quantitative estimate of drug-likeness (QED) is 0.707. The highest BCUT2D eigenvalue weighted by Crippen LogP contribution is 1.98. The molecule has 1 rings (SSSR count). The van der Waals surface area contributed by atoms with E-state index in [0.29, 0.717) is 6.54 Å². The molecular formula is C13H16N2O2. The second-order valence-electron chi connectivity index (χ2n) is 3.53. The van der Waals surface area contributed by atoms with Crippen molar-refractivity contribution < 1.29 is 9.59 Å². The fourth-order valence-electron chi connectivity index (χ4n) is 1.27. The SMILES string of the molecule is C=CCNC(=O)CNC(=O)Cc1ccccc1. The average Bonchev–Trinajstić information content (AvgIpc) is 2.35. The van der Waals surface area contributed by atoms with Gasteiger partial charge in [0, 0.05) is 6.54 Å². The van der Waals surface area contributed by atoms with Gasteiger partial charge in [0.25, 0.3) is 0 Å². The molecule has 0 saturated carbocycles. The van der Waals surface area contributed by atoms with Gasteiger partial charge < -0.3 is 10.6 Å². The Bertz CT molecular complexity index is 388. The van der Waals surface area contributed by atoms with Crippen molar-refractivity contribution in [3.8, 4) is 0 Å². The molecule has 2 amide bonds. The molecule has 2 N–H and O–H groups in total. The van der Waals surface area contributed by atoms with Crippen LogP contribution in [0, 0.1) is 0 Å². The largest absolute Gasteiger partial charge is 0.351 e. The van der Waals surface area contributed by atoms with Gasteiger partial charge in [-0.05, 0) is 5.56 Å². The Balaban J connectivity index is 2.26. The number of carbonyl (C=O) groups excluding carboxylic acids is 2. The fraction of sp³-hybridized carbons (Fsp3) is 0.231. The Morgan fingerprint density at radius 1 is 1.12 bits per heavy atom. The van der Waals surface area contributed by atoms with Crippen molar-refractivity contribution in [1.82, 2.24) is 10.6 Å². The van der Waals surface area contributed by atoms with Gasteiger partial charge >= 0.3 is 0 Å². The average molecular weight is 232 g/mol. The highest BCUT2D eigenvalue weighted by molar-refractivity contribution is 5.85. The molecule has 90 valence electrons. The first-order valence-electron chi connectivity index (χ1n) is 5.40. The summed E-state index contributed by atoms with van der Waals surface area (Å²) in [6.07, 6.45) is 1.87. The Morgan fingerprint density at radius 3 is 2.47 bits per heavy atom. The van der Waals surface area contributed by atoms with Crippen LogP contribution in [0.1, 0.15) is 5.56 Å². The minimum Gasteiger partial charge on any atom is -0.351 e. The van der Waals surface area contributed by atoms with Gasteiger partial charge in [0.2, 0.25) is 11.8 Å². The first-order valence-corrected chi connectivity index (χ1v) is 5.40.